The van der Waals surface area contributed by atoms with Gasteiger partial charge in [0.1, 0.15) is 5.75 Å². The predicted molar refractivity (Wildman–Crippen MR) is 83.8 cm³/mol. The van der Waals surface area contributed by atoms with Crippen LogP contribution in [-0.2, 0) is 4.79 Å². The number of nitrogens with one attached hydrogen (secondary N) is 2. The maximum atomic E-state index is 11.7. The highest BCUT2D eigenvalue weighted by molar-refractivity contribution is 5.80. The van der Waals surface area contributed by atoms with E-state index < -0.39 is 6.10 Å². The molecule has 1 unspecified atom stereocenters. The Morgan fingerprint density at radius 3 is 2.86 bits per heavy atom. The molecule has 0 aromatic heterocycles. The first-order valence-corrected chi connectivity index (χ1v) is 7.08. The number of carbonyl (C=O) groups excluding carboxylic acids is 1. The number of hydrogen-bond donors (Lipinski definition) is 2. The van der Waals surface area contributed by atoms with Crippen LogP contribution in [0.1, 0.15) is 18.9 Å². The zero-order valence-electron chi connectivity index (χ0n) is 12.2. The van der Waals surface area contributed by atoms with Gasteiger partial charge in [0, 0.05) is 6.54 Å². The molecule has 0 spiro atoms. The molecule has 4 nitrogen and oxygen atoms in total. The topological polar surface area (TPSA) is 50.4 Å². The van der Waals surface area contributed by atoms with Gasteiger partial charge in [0.25, 0.3) is 5.91 Å². The first-order valence-electron chi connectivity index (χ1n) is 7.08. The summed E-state index contributed by atoms with van der Waals surface area (Å²) in [5, 5.41) is 5.89. The van der Waals surface area contributed by atoms with E-state index in [0.717, 1.165) is 19.5 Å². The van der Waals surface area contributed by atoms with Gasteiger partial charge in [-0.25, -0.2) is 0 Å². The second-order valence-corrected chi connectivity index (χ2v) is 4.89. The molecule has 0 saturated carbocycles. The Bertz CT molecular complexity index is 555. The number of ether oxygens (including phenoxy) is 1. The van der Waals surface area contributed by atoms with E-state index >= 15 is 0 Å². The van der Waals surface area contributed by atoms with Crippen LogP contribution < -0.4 is 15.4 Å². The van der Waals surface area contributed by atoms with Crippen LogP contribution in [0.25, 0.3) is 5.57 Å². The van der Waals surface area contributed by atoms with Crippen molar-refractivity contribution in [2.24, 2.45) is 0 Å². The molecule has 110 valence electrons. The van der Waals surface area contributed by atoms with Crippen molar-refractivity contribution in [3.05, 3.63) is 35.9 Å². The smallest absolute Gasteiger partial charge is 0.261 e. The molecule has 4 heteroatoms. The molecular formula is C17H20N2O2. The van der Waals surface area contributed by atoms with Crippen molar-refractivity contribution in [3.63, 3.8) is 0 Å². The summed E-state index contributed by atoms with van der Waals surface area (Å²) in [6, 6.07) is 7.84. The van der Waals surface area contributed by atoms with Crippen molar-refractivity contribution < 1.29 is 9.53 Å². The van der Waals surface area contributed by atoms with E-state index in [-0.39, 0.29) is 12.5 Å². The highest BCUT2D eigenvalue weighted by Crippen LogP contribution is 2.22. The Labute approximate surface area is 125 Å². The average molecular weight is 284 g/mol. The van der Waals surface area contributed by atoms with E-state index in [0.29, 0.717) is 5.75 Å². The number of benzene rings is 1. The minimum atomic E-state index is -0.567. The van der Waals surface area contributed by atoms with Gasteiger partial charge in [0.15, 0.2) is 6.10 Å². The Hall–Kier alpha value is -2.25. The fourth-order valence-electron chi connectivity index (χ4n) is 2.17. The quantitative estimate of drug-likeness (QED) is 0.807. The fraction of sp³-hybridized carbons (Fsp3) is 0.353. The molecule has 0 bridgehead atoms. The summed E-state index contributed by atoms with van der Waals surface area (Å²) in [7, 11) is 0. The van der Waals surface area contributed by atoms with E-state index in [4.69, 9.17) is 11.2 Å². The summed E-state index contributed by atoms with van der Waals surface area (Å²) in [4.78, 5) is 11.7. The summed E-state index contributed by atoms with van der Waals surface area (Å²) in [5.41, 5.74) is 2.55. The summed E-state index contributed by atoms with van der Waals surface area (Å²) in [6.07, 6.45) is 7.77. The molecule has 2 rings (SSSR count). The maximum Gasteiger partial charge on any atom is 0.261 e. The molecule has 1 heterocycles. The molecule has 0 fully saturated rings. The van der Waals surface area contributed by atoms with Gasteiger partial charge in [0.05, 0.1) is 6.54 Å². The molecule has 1 aliphatic heterocycles. The maximum absolute atomic E-state index is 11.7. The number of rotatable bonds is 5. The molecule has 21 heavy (non-hydrogen) atoms. The van der Waals surface area contributed by atoms with Gasteiger partial charge in [-0.05, 0) is 43.2 Å². The minimum Gasteiger partial charge on any atom is -0.481 e. The van der Waals surface area contributed by atoms with Crippen LogP contribution in [0.2, 0.25) is 0 Å². The summed E-state index contributed by atoms with van der Waals surface area (Å²) >= 11 is 0. The summed E-state index contributed by atoms with van der Waals surface area (Å²) in [6.45, 7) is 3.85. The Kier molecular flexibility index (Phi) is 5.42. The van der Waals surface area contributed by atoms with Gasteiger partial charge in [-0.3, -0.25) is 4.79 Å². The number of carbonyl (C=O) groups is 1. The van der Waals surface area contributed by atoms with Crippen LogP contribution in [0.3, 0.4) is 0 Å². The van der Waals surface area contributed by atoms with Crippen molar-refractivity contribution in [2.75, 3.05) is 19.6 Å². The third-order valence-corrected chi connectivity index (χ3v) is 3.34. The molecule has 0 radical (unpaired) electrons. The van der Waals surface area contributed by atoms with Crippen molar-refractivity contribution >= 4 is 11.5 Å². The lowest BCUT2D eigenvalue weighted by Crippen LogP contribution is -2.36. The van der Waals surface area contributed by atoms with Gasteiger partial charge in [-0.15, -0.1) is 6.42 Å². The molecule has 0 saturated heterocycles. The molecule has 0 aliphatic carbocycles. The summed E-state index contributed by atoms with van der Waals surface area (Å²) in [5.74, 6) is 2.83. The average Bonchev–Trinajstić information content (AvgIpc) is 2.54. The Morgan fingerprint density at radius 2 is 2.24 bits per heavy atom. The predicted octanol–water partition coefficient (Wildman–Crippen LogP) is 1.58. The van der Waals surface area contributed by atoms with Crippen LogP contribution in [0.5, 0.6) is 5.75 Å². The number of terminal acetylenes is 1. The largest absolute Gasteiger partial charge is 0.481 e. The van der Waals surface area contributed by atoms with Crippen LogP contribution in [0.15, 0.2) is 30.3 Å². The van der Waals surface area contributed by atoms with Crippen LogP contribution in [0.4, 0.5) is 0 Å². The molecule has 1 amide bonds. The number of hydrogen-bond acceptors (Lipinski definition) is 3. The van der Waals surface area contributed by atoms with Crippen molar-refractivity contribution in [1.82, 2.24) is 10.6 Å². The highest BCUT2D eigenvalue weighted by atomic mass is 16.5. The van der Waals surface area contributed by atoms with E-state index in [1.54, 1.807) is 6.92 Å². The molecule has 1 aromatic carbocycles. The van der Waals surface area contributed by atoms with Gasteiger partial charge in [-0.2, -0.15) is 0 Å². The van der Waals surface area contributed by atoms with Gasteiger partial charge in [0.2, 0.25) is 0 Å². The van der Waals surface area contributed by atoms with E-state index in [1.165, 1.54) is 11.1 Å². The zero-order chi connectivity index (χ0) is 15.1. The van der Waals surface area contributed by atoms with E-state index in [9.17, 15) is 4.79 Å². The first-order chi connectivity index (χ1) is 10.2. The second kappa shape index (κ2) is 7.51. The van der Waals surface area contributed by atoms with Gasteiger partial charge >= 0.3 is 0 Å². The van der Waals surface area contributed by atoms with Crippen molar-refractivity contribution in [2.45, 2.75) is 19.4 Å². The lowest BCUT2D eigenvalue weighted by atomic mass is 10.0. The van der Waals surface area contributed by atoms with Gasteiger partial charge < -0.3 is 15.4 Å². The molecule has 1 aliphatic rings. The molecule has 1 aromatic rings. The van der Waals surface area contributed by atoms with Crippen LogP contribution >= 0.6 is 0 Å². The normalized spacial score (nSPS) is 15.5. The molecule has 2 N–H and O–H groups in total. The second-order valence-electron chi connectivity index (χ2n) is 4.89. The van der Waals surface area contributed by atoms with Crippen molar-refractivity contribution in [1.29, 1.82) is 0 Å². The monoisotopic (exact) mass is 284 g/mol. The van der Waals surface area contributed by atoms with Crippen LogP contribution in [0, 0.1) is 12.3 Å². The van der Waals surface area contributed by atoms with E-state index in [2.05, 4.69) is 22.6 Å². The number of amides is 1. The first kappa shape index (κ1) is 15.1. The van der Waals surface area contributed by atoms with Gasteiger partial charge in [-0.1, -0.05) is 24.1 Å². The van der Waals surface area contributed by atoms with Crippen LogP contribution in [-0.4, -0.2) is 31.6 Å². The molecule has 1 atom stereocenters. The third-order valence-electron chi connectivity index (χ3n) is 3.34. The highest BCUT2D eigenvalue weighted by Gasteiger charge is 2.13. The Morgan fingerprint density at radius 1 is 1.48 bits per heavy atom. The third kappa shape index (κ3) is 4.37. The van der Waals surface area contributed by atoms with E-state index in [1.807, 2.05) is 24.3 Å². The Balaban J connectivity index is 1.94. The lowest BCUT2D eigenvalue weighted by Gasteiger charge is -2.16. The molecular weight excluding hydrogens is 264 g/mol. The fourth-order valence-corrected chi connectivity index (χ4v) is 2.17. The van der Waals surface area contributed by atoms with Crippen molar-refractivity contribution in [3.8, 4) is 18.1 Å². The SMILES string of the molecule is C#CCNC(=O)C(C)Oc1ccc(C2=CCNCC2)cc1. The summed E-state index contributed by atoms with van der Waals surface area (Å²) < 4.78 is 5.60. The zero-order valence-corrected chi connectivity index (χ0v) is 12.2. The minimum absolute atomic E-state index is 0.210. The standard InChI is InChI=1S/C17H20N2O2/c1-3-10-19-17(20)13(2)21-16-6-4-14(5-7-16)15-8-11-18-12-9-15/h1,4-8,13,18H,9-12H2,2H3,(H,19,20). The lowest BCUT2D eigenvalue weighted by molar-refractivity contribution is -0.126.